The molecule has 1 atom stereocenters. The van der Waals surface area contributed by atoms with Gasteiger partial charge in [-0.05, 0) is 18.2 Å². The van der Waals surface area contributed by atoms with E-state index in [0.717, 1.165) is 4.47 Å². The highest BCUT2D eigenvalue weighted by Crippen LogP contribution is 2.16. The van der Waals surface area contributed by atoms with Crippen LogP contribution < -0.4 is 11.1 Å². The van der Waals surface area contributed by atoms with Crippen molar-refractivity contribution >= 4 is 33.4 Å². The summed E-state index contributed by atoms with van der Waals surface area (Å²) in [6, 6.07) is 7.25. The van der Waals surface area contributed by atoms with Crippen LogP contribution >= 0.6 is 15.9 Å². The maximum Gasteiger partial charge on any atom is 0.227 e. The van der Waals surface area contributed by atoms with Crippen LogP contribution in [0.4, 0.5) is 5.69 Å². The van der Waals surface area contributed by atoms with E-state index in [4.69, 9.17) is 5.73 Å². The third kappa shape index (κ3) is 4.02. The Morgan fingerprint density at radius 1 is 1.50 bits per heavy atom. The first-order valence-electron chi connectivity index (χ1n) is 4.84. The number of amides is 2. The van der Waals surface area contributed by atoms with Crippen LogP contribution in [-0.2, 0) is 9.59 Å². The monoisotopic (exact) mass is 284 g/mol. The van der Waals surface area contributed by atoms with Gasteiger partial charge in [-0.1, -0.05) is 28.9 Å². The van der Waals surface area contributed by atoms with Gasteiger partial charge in [0.05, 0.1) is 0 Å². The topological polar surface area (TPSA) is 72.2 Å². The summed E-state index contributed by atoms with van der Waals surface area (Å²) in [6.45, 7) is 1.66. The van der Waals surface area contributed by atoms with E-state index in [1.807, 2.05) is 12.1 Å². The summed E-state index contributed by atoms with van der Waals surface area (Å²) >= 11 is 3.30. The highest BCUT2D eigenvalue weighted by Gasteiger charge is 2.15. The molecular weight excluding hydrogens is 272 g/mol. The van der Waals surface area contributed by atoms with Crippen molar-refractivity contribution in [2.45, 2.75) is 13.3 Å². The number of anilines is 1. The second-order valence-electron chi connectivity index (χ2n) is 3.57. The van der Waals surface area contributed by atoms with Gasteiger partial charge in [-0.3, -0.25) is 9.59 Å². The number of nitrogens with two attached hydrogens (primary N) is 1. The van der Waals surface area contributed by atoms with E-state index in [-0.39, 0.29) is 12.3 Å². The number of benzene rings is 1. The first kappa shape index (κ1) is 12.7. The van der Waals surface area contributed by atoms with Gasteiger partial charge in [0.1, 0.15) is 0 Å². The molecule has 2 amide bonds. The molecule has 0 fully saturated rings. The number of carbonyl (C=O) groups is 2. The number of hydrogen-bond donors (Lipinski definition) is 2. The number of nitrogens with one attached hydrogen (secondary N) is 1. The minimum atomic E-state index is -0.475. The van der Waals surface area contributed by atoms with Crippen LogP contribution in [0.15, 0.2) is 28.7 Å². The Balaban J connectivity index is 2.60. The molecule has 0 aromatic heterocycles. The molecular formula is C11H13BrN2O2. The molecule has 3 N–H and O–H groups in total. The lowest BCUT2D eigenvalue weighted by molar-refractivity contribution is -0.125. The van der Waals surface area contributed by atoms with E-state index in [2.05, 4.69) is 21.2 Å². The molecule has 4 nitrogen and oxygen atoms in total. The van der Waals surface area contributed by atoms with E-state index in [1.165, 1.54) is 0 Å². The minimum Gasteiger partial charge on any atom is -0.370 e. The molecule has 0 saturated heterocycles. The lowest BCUT2D eigenvalue weighted by Crippen LogP contribution is -2.25. The second kappa shape index (κ2) is 5.65. The fourth-order valence-corrected chi connectivity index (χ4v) is 1.63. The molecule has 1 rings (SSSR count). The fraction of sp³-hybridized carbons (Fsp3) is 0.273. The lowest BCUT2D eigenvalue weighted by Gasteiger charge is -2.10. The van der Waals surface area contributed by atoms with Crippen molar-refractivity contribution in [3.63, 3.8) is 0 Å². The van der Waals surface area contributed by atoms with Gasteiger partial charge in [-0.2, -0.15) is 0 Å². The Morgan fingerprint density at radius 3 is 2.75 bits per heavy atom. The summed E-state index contributed by atoms with van der Waals surface area (Å²) in [5, 5.41) is 2.71. The maximum atomic E-state index is 11.6. The Labute approximate surface area is 102 Å². The maximum absolute atomic E-state index is 11.6. The predicted molar refractivity (Wildman–Crippen MR) is 65.7 cm³/mol. The Kier molecular flexibility index (Phi) is 4.49. The van der Waals surface area contributed by atoms with Gasteiger partial charge >= 0.3 is 0 Å². The van der Waals surface area contributed by atoms with Crippen molar-refractivity contribution in [2.75, 3.05) is 5.32 Å². The zero-order valence-corrected chi connectivity index (χ0v) is 10.5. The van der Waals surface area contributed by atoms with E-state index in [0.29, 0.717) is 5.69 Å². The standard InChI is InChI=1S/C11H13BrN2O2/c1-7(5-10(13)15)11(16)14-9-4-2-3-8(12)6-9/h2-4,6-7H,5H2,1H3,(H2,13,15)(H,14,16). The Bertz CT molecular complexity index is 407. The Morgan fingerprint density at radius 2 is 2.19 bits per heavy atom. The van der Waals surface area contributed by atoms with Gasteiger partial charge in [0.15, 0.2) is 0 Å². The molecule has 0 aliphatic rings. The fourth-order valence-electron chi connectivity index (χ4n) is 1.23. The van der Waals surface area contributed by atoms with Crippen molar-refractivity contribution in [1.29, 1.82) is 0 Å². The van der Waals surface area contributed by atoms with E-state index in [9.17, 15) is 9.59 Å². The van der Waals surface area contributed by atoms with Crippen LogP contribution in [0, 0.1) is 5.92 Å². The number of rotatable bonds is 4. The first-order valence-corrected chi connectivity index (χ1v) is 5.63. The van der Waals surface area contributed by atoms with E-state index >= 15 is 0 Å². The number of halogens is 1. The second-order valence-corrected chi connectivity index (χ2v) is 4.49. The largest absolute Gasteiger partial charge is 0.370 e. The molecule has 0 heterocycles. The smallest absolute Gasteiger partial charge is 0.227 e. The van der Waals surface area contributed by atoms with Gasteiger partial charge in [0.25, 0.3) is 0 Å². The van der Waals surface area contributed by atoms with Gasteiger partial charge in [0.2, 0.25) is 11.8 Å². The SMILES string of the molecule is CC(CC(N)=O)C(=O)Nc1cccc(Br)c1. The van der Waals surface area contributed by atoms with Gasteiger partial charge in [-0.15, -0.1) is 0 Å². The third-order valence-corrected chi connectivity index (χ3v) is 2.54. The summed E-state index contributed by atoms with van der Waals surface area (Å²) in [5.41, 5.74) is 5.71. The van der Waals surface area contributed by atoms with Crippen LogP contribution in [0.2, 0.25) is 0 Å². The molecule has 5 heteroatoms. The van der Waals surface area contributed by atoms with Crippen molar-refractivity contribution in [3.05, 3.63) is 28.7 Å². The molecule has 0 bridgehead atoms. The zero-order valence-electron chi connectivity index (χ0n) is 8.87. The van der Waals surface area contributed by atoms with Crippen LogP contribution in [0.3, 0.4) is 0 Å². The van der Waals surface area contributed by atoms with Crippen molar-refractivity contribution in [3.8, 4) is 0 Å². The van der Waals surface area contributed by atoms with Crippen molar-refractivity contribution < 1.29 is 9.59 Å². The molecule has 0 spiro atoms. The number of hydrogen-bond acceptors (Lipinski definition) is 2. The molecule has 0 saturated carbocycles. The van der Waals surface area contributed by atoms with Crippen LogP contribution in [0.1, 0.15) is 13.3 Å². The molecule has 1 aromatic carbocycles. The zero-order chi connectivity index (χ0) is 12.1. The average Bonchev–Trinajstić information content (AvgIpc) is 2.16. The molecule has 0 aliphatic carbocycles. The molecule has 16 heavy (non-hydrogen) atoms. The van der Waals surface area contributed by atoms with Crippen LogP contribution in [0.25, 0.3) is 0 Å². The summed E-state index contributed by atoms with van der Waals surface area (Å²) in [4.78, 5) is 22.3. The van der Waals surface area contributed by atoms with Gasteiger partial charge in [0, 0.05) is 22.5 Å². The summed E-state index contributed by atoms with van der Waals surface area (Å²) < 4.78 is 0.882. The normalized spacial score (nSPS) is 11.9. The predicted octanol–water partition coefficient (Wildman–Crippen LogP) is 1.90. The molecule has 1 aromatic rings. The first-order chi connectivity index (χ1) is 7.49. The van der Waals surface area contributed by atoms with Crippen LogP contribution in [-0.4, -0.2) is 11.8 Å². The highest BCUT2D eigenvalue weighted by atomic mass is 79.9. The summed E-state index contributed by atoms with van der Waals surface area (Å²) in [6.07, 6.45) is 0.0554. The quantitative estimate of drug-likeness (QED) is 0.886. The van der Waals surface area contributed by atoms with Crippen LogP contribution in [0.5, 0.6) is 0 Å². The van der Waals surface area contributed by atoms with Crippen molar-refractivity contribution in [2.24, 2.45) is 11.7 Å². The van der Waals surface area contributed by atoms with E-state index < -0.39 is 11.8 Å². The third-order valence-electron chi connectivity index (χ3n) is 2.05. The average molecular weight is 285 g/mol. The summed E-state index contributed by atoms with van der Waals surface area (Å²) in [5.74, 6) is -1.11. The Hall–Kier alpha value is -1.36. The highest BCUT2D eigenvalue weighted by molar-refractivity contribution is 9.10. The number of carbonyl (C=O) groups excluding carboxylic acids is 2. The van der Waals surface area contributed by atoms with Gasteiger partial charge in [-0.25, -0.2) is 0 Å². The molecule has 86 valence electrons. The van der Waals surface area contributed by atoms with Crippen molar-refractivity contribution in [1.82, 2.24) is 0 Å². The van der Waals surface area contributed by atoms with E-state index in [1.54, 1.807) is 19.1 Å². The minimum absolute atomic E-state index is 0.0554. The molecule has 0 radical (unpaired) electrons. The molecule has 1 unspecified atom stereocenters. The molecule has 0 aliphatic heterocycles. The van der Waals surface area contributed by atoms with Gasteiger partial charge < -0.3 is 11.1 Å². The summed E-state index contributed by atoms with van der Waals surface area (Å²) in [7, 11) is 0. The number of primary amides is 1. The lowest BCUT2D eigenvalue weighted by atomic mass is 10.1.